The van der Waals surface area contributed by atoms with Crippen LogP contribution in [0.25, 0.3) is 0 Å². The largest absolute Gasteiger partial charge is 0.412 e. The predicted molar refractivity (Wildman–Crippen MR) is 31.6 cm³/mol. The van der Waals surface area contributed by atoms with Gasteiger partial charge in [0, 0.05) is 0 Å². The third kappa shape index (κ3) is 25000. The zero-order valence-corrected chi connectivity index (χ0v) is 5.18. The van der Waals surface area contributed by atoms with Gasteiger partial charge < -0.3 is 42.1 Å². The van der Waals surface area contributed by atoms with Crippen molar-refractivity contribution in [3.05, 3.63) is 0 Å². The molecule has 0 aromatic carbocycles. The lowest BCUT2D eigenvalue weighted by molar-refractivity contribution is 0.368. The van der Waals surface area contributed by atoms with E-state index >= 15 is 0 Å². The highest BCUT2D eigenvalue weighted by Crippen LogP contribution is 2.11. The van der Waals surface area contributed by atoms with E-state index in [1.807, 2.05) is 0 Å². The Hall–Kier alpha value is 0.110. The predicted octanol–water partition coefficient (Wildman–Crippen LogP) is -4.93. The Morgan fingerprint density at radius 3 is 0.556 bits per heavy atom. The van der Waals surface area contributed by atoms with Gasteiger partial charge in [-0.3, -0.25) is 0 Å². The van der Waals surface area contributed by atoms with Crippen LogP contribution in [0.3, 0.4) is 0 Å². The van der Waals surface area contributed by atoms with Crippen molar-refractivity contribution in [2.45, 2.75) is 0 Å². The van der Waals surface area contributed by atoms with Crippen molar-refractivity contribution in [2.75, 3.05) is 0 Å². The Kier molecular flexibility index (Phi) is 292. The van der Waals surface area contributed by atoms with Crippen LogP contribution in [0.15, 0.2) is 0 Å². The van der Waals surface area contributed by atoms with Gasteiger partial charge in [0.15, 0.2) is 0 Å². The summed E-state index contributed by atoms with van der Waals surface area (Å²) in [6.45, 7) is 0. The fraction of sp³-hybridized carbons (Fsp3) is 0. The van der Waals surface area contributed by atoms with E-state index in [0.29, 0.717) is 0 Å². The molecule has 8 nitrogen and oxygen atoms in total. The normalized spacial score (nSPS) is 4.00. The maximum Gasteiger partial charge on any atom is 0.324 e. The maximum atomic E-state index is 7.23. The van der Waals surface area contributed by atoms with Crippen molar-refractivity contribution in [2.24, 2.45) is 0 Å². The summed E-state index contributed by atoms with van der Waals surface area (Å²) in [6.07, 6.45) is 0. The van der Waals surface area contributed by atoms with Gasteiger partial charge in [0.2, 0.25) is 0 Å². The van der Waals surface area contributed by atoms with E-state index in [1.165, 1.54) is 0 Å². The zero-order valence-electron chi connectivity index (χ0n) is 4.29. The molecule has 0 aliphatic carbocycles. The van der Waals surface area contributed by atoms with Crippen LogP contribution in [0.4, 0.5) is 0 Å². The minimum absolute atomic E-state index is 0. The first-order valence-corrected chi connectivity index (χ1v) is 1.80. The van der Waals surface area contributed by atoms with E-state index in [-0.39, 0.29) is 27.4 Å². The second-order valence-corrected chi connectivity index (χ2v) is 0.805. The Morgan fingerprint density at radius 2 is 0.556 bits per heavy atom. The number of hydrogen-bond donors (Lipinski definition) is 3. The molecule has 0 aromatic rings. The lowest BCUT2D eigenvalue weighted by Crippen LogP contribution is -1.54. The number of rotatable bonds is 0. The van der Waals surface area contributed by atoms with Crippen LogP contribution in [-0.4, -0.2) is 42.1 Å². The minimum atomic E-state index is -2.62. The summed E-state index contributed by atoms with van der Waals surface area (Å²) in [5.41, 5.74) is 0. The van der Waals surface area contributed by atoms with Crippen LogP contribution in [0.1, 0.15) is 0 Å². The molecule has 13 N–H and O–H groups in total. The summed E-state index contributed by atoms with van der Waals surface area (Å²) in [5, 5.41) is 0. The molecule has 0 aromatic heterocycles. The molecule has 0 radical (unpaired) electrons. The molecule has 0 aliphatic heterocycles. The highest BCUT2D eigenvalue weighted by molar-refractivity contribution is 7.38. The van der Waals surface area contributed by atoms with Gasteiger partial charge in [0.1, 0.15) is 0 Å². The van der Waals surface area contributed by atoms with E-state index in [1.54, 1.807) is 0 Å². The van der Waals surface area contributed by atoms with Gasteiger partial charge in [-0.2, -0.15) is 0 Å². The summed E-state index contributed by atoms with van der Waals surface area (Å²) < 4.78 is 0. The Labute approximate surface area is 51.9 Å². The third-order valence-corrected chi connectivity index (χ3v) is 0. The molecule has 0 spiro atoms. The lowest BCUT2D eigenvalue weighted by Gasteiger charge is -1.76. The van der Waals surface area contributed by atoms with Crippen LogP contribution in [0, 0.1) is 0 Å². The van der Waals surface area contributed by atoms with Gasteiger partial charge in [0.25, 0.3) is 0 Å². The molecule has 0 saturated heterocycles. The Balaban J connectivity index is -0.00000000450. The molecule has 0 aliphatic rings. The molecule has 0 saturated carbocycles. The first-order valence-electron chi connectivity index (χ1n) is 0.600. The molecule has 0 atom stereocenters. The second-order valence-electron chi connectivity index (χ2n) is 0.268. The molecule has 66 valence electrons. The van der Waals surface area contributed by atoms with E-state index in [0.717, 1.165) is 0 Å². The average Bonchev–Trinajstić information content (AvgIpc) is 0.811. The van der Waals surface area contributed by atoms with Crippen molar-refractivity contribution in [3.63, 3.8) is 0 Å². The van der Waals surface area contributed by atoms with Gasteiger partial charge in [0.05, 0.1) is 0 Å². The highest BCUT2D eigenvalue weighted by Gasteiger charge is 1.76. The monoisotopic (exact) mass is 172 g/mol. The first kappa shape index (κ1) is 61.9. The van der Waals surface area contributed by atoms with Crippen LogP contribution in [-0.2, 0) is 0 Å². The molecule has 0 bridgehead atoms. The van der Waals surface area contributed by atoms with Gasteiger partial charge >= 0.3 is 8.60 Å². The van der Waals surface area contributed by atoms with E-state index in [9.17, 15) is 0 Å². The highest BCUT2D eigenvalue weighted by atomic mass is 31.2. The van der Waals surface area contributed by atoms with Crippen LogP contribution >= 0.6 is 8.60 Å². The maximum absolute atomic E-state index is 7.23. The summed E-state index contributed by atoms with van der Waals surface area (Å²) in [7, 11) is -2.62. The Bertz CT molecular complexity index is 9.28. The van der Waals surface area contributed by atoms with Crippen molar-refractivity contribution < 1.29 is 42.1 Å². The Morgan fingerprint density at radius 1 is 0.556 bits per heavy atom. The van der Waals surface area contributed by atoms with E-state index in [2.05, 4.69) is 0 Å². The van der Waals surface area contributed by atoms with E-state index < -0.39 is 8.60 Å². The quantitative estimate of drug-likeness (QED) is 0.306. The molecule has 9 heteroatoms. The van der Waals surface area contributed by atoms with E-state index in [4.69, 9.17) is 14.7 Å². The fourth-order valence-electron chi connectivity index (χ4n) is 0. The van der Waals surface area contributed by atoms with Gasteiger partial charge in [-0.1, -0.05) is 0 Å². The van der Waals surface area contributed by atoms with Crippen LogP contribution in [0.2, 0.25) is 0 Å². The average molecular weight is 172 g/mol. The van der Waals surface area contributed by atoms with Gasteiger partial charge in [-0.15, -0.1) is 0 Å². The minimum Gasteiger partial charge on any atom is -0.412 e. The SMILES string of the molecule is O.O.O.O.O.OP(O)O. The molecular weight excluding hydrogens is 159 g/mol. The lowest BCUT2D eigenvalue weighted by atomic mass is 15.8. The van der Waals surface area contributed by atoms with Crippen molar-refractivity contribution in [3.8, 4) is 0 Å². The first-order chi connectivity index (χ1) is 1.73. The molecule has 0 fully saturated rings. The van der Waals surface area contributed by atoms with Gasteiger partial charge in [-0.25, -0.2) is 0 Å². The summed E-state index contributed by atoms with van der Waals surface area (Å²) in [4.78, 5) is 21.7. The summed E-state index contributed by atoms with van der Waals surface area (Å²) in [5.74, 6) is 0. The number of hydrogen-bond acceptors (Lipinski definition) is 3. The summed E-state index contributed by atoms with van der Waals surface area (Å²) in [6, 6.07) is 0. The van der Waals surface area contributed by atoms with Crippen LogP contribution < -0.4 is 0 Å². The smallest absolute Gasteiger partial charge is 0.324 e. The third-order valence-electron chi connectivity index (χ3n) is 0. The molecule has 0 heterocycles. The second kappa shape index (κ2) is 42.4. The van der Waals surface area contributed by atoms with Gasteiger partial charge in [-0.05, 0) is 0 Å². The standard InChI is InChI=1S/H3O3P.5H2O/c1-4(2)3;;;;;/h1-3H;5*1H2. The van der Waals surface area contributed by atoms with Crippen molar-refractivity contribution >= 4 is 8.60 Å². The molecule has 9 heavy (non-hydrogen) atoms. The molecule has 0 rings (SSSR count). The topological polar surface area (TPSA) is 218 Å². The molecule has 0 amide bonds. The van der Waals surface area contributed by atoms with Crippen molar-refractivity contribution in [1.82, 2.24) is 0 Å². The summed E-state index contributed by atoms with van der Waals surface area (Å²) >= 11 is 0. The fourth-order valence-corrected chi connectivity index (χ4v) is 0. The molecule has 0 unspecified atom stereocenters. The van der Waals surface area contributed by atoms with Crippen molar-refractivity contribution in [1.29, 1.82) is 0 Å². The van der Waals surface area contributed by atoms with Crippen LogP contribution in [0.5, 0.6) is 0 Å². The zero-order chi connectivity index (χ0) is 3.58. The molecular formula is H13O8P.